The first-order valence-electron chi connectivity index (χ1n) is 25.7. The summed E-state index contributed by atoms with van der Waals surface area (Å²) < 4.78 is 26.3. The molecule has 0 saturated carbocycles. The van der Waals surface area contributed by atoms with Gasteiger partial charge in [0.1, 0.15) is 50.0 Å². The number of hydrogen-bond donors (Lipinski definition) is 14. The lowest BCUT2D eigenvalue weighted by molar-refractivity contribution is -0.142. The van der Waals surface area contributed by atoms with Gasteiger partial charge >= 0.3 is 11.9 Å². The zero-order chi connectivity index (χ0) is 60.3. The number of nitrogens with zero attached hydrogens (tertiary/aromatic N) is 1. The Labute approximate surface area is 461 Å². The predicted octanol–water partition coefficient (Wildman–Crippen LogP) is -7.74. The molecule has 80 heavy (non-hydrogen) atoms. The topological polar surface area (TPSA) is 487 Å². The number of aliphatic carboxylic acids is 2. The Kier molecular flexibility index (Phi) is 40.9. The fourth-order valence-electron chi connectivity index (χ4n) is 6.45. The number of carboxylic acid groups (broad SMARTS) is 2. The minimum absolute atomic E-state index is 0.00504. The van der Waals surface area contributed by atoms with Crippen molar-refractivity contribution in [3.05, 3.63) is 0 Å². The van der Waals surface area contributed by atoms with Gasteiger partial charge in [0.15, 0.2) is 5.78 Å². The zero-order valence-corrected chi connectivity index (χ0v) is 45.4. The maximum atomic E-state index is 13.6. The van der Waals surface area contributed by atoms with E-state index in [-0.39, 0.29) is 70.9 Å². The van der Waals surface area contributed by atoms with Gasteiger partial charge in [-0.2, -0.15) is 0 Å². The van der Waals surface area contributed by atoms with Crippen molar-refractivity contribution in [2.45, 2.75) is 95.4 Å². The first kappa shape index (κ1) is 73.0. The predicted molar refractivity (Wildman–Crippen MR) is 275 cm³/mol. The molecule has 0 saturated heterocycles. The molecule has 15 N–H and O–H groups in total. The van der Waals surface area contributed by atoms with Crippen LogP contribution in [0.2, 0.25) is 0 Å². The maximum absolute atomic E-state index is 13.6. The van der Waals surface area contributed by atoms with Gasteiger partial charge in [0.2, 0.25) is 59.1 Å². The number of carbonyl (C=O) groups excluding carboxylic acids is 11. The normalized spacial score (nSPS) is 12.8. The molecule has 0 aromatic carbocycles. The molecule has 0 aromatic heterocycles. The Bertz CT molecular complexity index is 1970. The molecule has 0 spiro atoms. The molecule has 0 radical (unpaired) electrons. The average Bonchev–Trinajstić information content (AvgIpc) is 3.40. The quantitative estimate of drug-likeness (QED) is 0.0252. The van der Waals surface area contributed by atoms with Crippen LogP contribution in [0, 0.1) is 0 Å². The molecule has 0 aliphatic carbocycles. The number of ether oxygens (including phenoxy) is 5. The molecule has 0 unspecified atom stereocenters. The second kappa shape index (κ2) is 44.8. The fraction of sp³-hybridized carbons (Fsp3) is 0.723. The van der Waals surface area contributed by atoms with E-state index in [0.717, 1.165) is 11.3 Å². The summed E-state index contributed by atoms with van der Waals surface area (Å²) in [5.74, 6) is -12.3. The van der Waals surface area contributed by atoms with Gasteiger partial charge in [-0.15, -0.1) is 0 Å². The SMILES string of the molecule is CCCC[C@H](NC(=O)[C@H](CNC(=O)CN(CC(=O)O)CC(=O)O)NC(=O)[C@H](CO)NC(=O)[C@H](CCC(N)=O)NC(=O)[C@H](CO)NC(=O)CNC(=O)COCCOCCNC(=O)COCCOCCCC(=O)COCCC)C(=O)NC. The number of carbonyl (C=O) groups is 13. The number of aliphatic hydroxyl groups is 2. The smallest absolute Gasteiger partial charge is 0.317 e. The highest BCUT2D eigenvalue weighted by Gasteiger charge is 2.33. The minimum atomic E-state index is -1.92. The van der Waals surface area contributed by atoms with Crippen LogP contribution in [0.1, 0.15) is 65.2 Å². The van der Waals surface area contributed by atoms with E-state index in [2.05, 4.69) is 47.9 Å². The molecule has 0 heterocycles. The van der Waals surface area contributed by atoms with Crippen molar-refractivity contribution >= 4 is 76.8 Å². The molecule has 0 aliphatic rings. The van der Waals surface area contributed by atoms with E-state index < -0.39 is 161 Å². The summed E-state index contributed by atoms with van der Waals surface area (Å²) >= 11 is 0. The highest BCUT2D eigenvalue weighted by Crippen LogP contribution is 2.04. The van der Waals surface area contributed by atoms with Gasteiger partial charge in [-0.05, 0) is 25.7 Å². The number of rotatable bonds is 49. The molecule has 0 rings (SSSR count). The summed E-state index contributed by atoms with van der Waals surface area (Å²) in [4.78, 5) is 163. The monoisotopic (exact) mass is 1150 g/mol. The van der Waals surface area contributed by atoms with Crippen LogP contribution >= 0.6 is 0 Å². The Morgan fingerprint density at radius 2 is 0.975 bits per heavy atom. The number of carboxylic acids is 2. The van der Waals surface area contributed by atoms with E-state index >= 15 is 0 Å². The lowest BCUT2D eigenvalue weighted by Crippen LogP contribution is -2.62. The Morgan fingerprint density at radius 3 is 1.52 bits per heavy atom. The van der Waals surface area contributed by atoms with Crippen molar-refractivity contribution < 1.29 is 106 Å². The van der Waals surface area contributed by atoms with E-state index in [1.807, 2.05) is 13.8 Å². The maximum Gasteiger partial charge on any atom is 0.317 e. The highest BCUT2D eigenvalue weighted by atomic mass is 16.5. The molecule has 10 amide bonds. The standard InChI is InChI=1S/C47H81N11O22/c1-4-6-9-31(43(71)49-3)54-45(73)33(20-51-38(64)22-58(23-41(67)68)24-42(69)70)56-47(75)35(26-60)57-44(72)32(10-11-36(48)62)55-46(74)34(25-59)53-37(63)21-52-40(66)29-80-19-17-77-15-12-50-39(65)28-79-18-16-76-14-7-8-30(61)27-78-13-5-2/h31-35,59-60H,4-29H2,1-3H3,(H2,48,62)(H,49,71)(H,50,65)(H,51,64)(H,52,66)(H,53,63)(H,54,73)(H,55,74)(H,56,75)(H,57,72)(H,67,68)(H,69,70)/t31-,32-,33-,34-,35-/m0/s1. The molecular weight excluding hydrogens is 1070 g/mol. The van der Waals surface area contributed by atoms with Gasteiger partial charge in [-0.3, -0.25) is 67.2 Å². The van der Waals surface area contributed by atoms with Crippen molar-refractivity contribution in [1.82, 2.24) is 52.8 Å². The van der Waals surface area contributed by atoms with E-state index in [0.29, 0.717) is 38.9 Å². The summed E-state index contributed by atoms with van der Waals surface area (Å²) in [5.41, 5.74) is 5.25. The second-order valence-electron chi connectivity index (χ2n) is 17.4. The van der Waals surface area contributed by atoms with Crippen LogP contribution in [-0.2, 0) is 86.0 Å². The summed E-state index contributed by atoms with van der Waals surface area (Å²) in [6, 6.07) is -8.32. The van der Waals surface area contributed by atoms with Crippen LogP contribution in [0.15, 0.2) is 0 Å². The van der Waals surface area contributed by atoms with Crippen molar-refractivity contribution in [1.29, 1.82) is 0 Å². The second-order valence-corrected chi connectivity index (χ2v) is 17.4. The summed E-state index contributed by atoms with van der Waals surface area (Å²) in [5, 5.41) is 59.0. The van der Waals surface area contributed by atoms with Crippen LogP contribution in [0.25, 0.3) is 0 Å². The third-order valence-electron chi connectivity index (χ3n) is 10.5. The van der Waals surface area contributed by atoms with E-state index in [9.17, 15) is 72.5 Å². The van der Waals surface area contributed by atoms with Gasteiger partial charge in [-0.1, -0.05) is 26.7 Å². The number of Topliss-reactive ketones (excluding diaryl/α,β-unsaturated/α-hetero) is 1. The van der Waals surface area contributed by atoms with Crippen molar-refractivity contribution in [2.24, 2.45) is 5.73 Å². The fourth-order valence-corrected chi connectivity index (χ4v) is 6.45. The van der Waals surface area contributed by atoms with E-state index in [1.54, 1.807) is 0 Å². The van der Waals surface area contributed by atoms with Crippen LogP contribution in [-0.4, -0.2) is 258 Å². The third kappa shape index (κ3) is 37.0. The largest absolute Gasteiger partial charge is 0.480 e. The van der Waals surface area contributed by atoms with E-state index in [4.69, 9.17) is 39.6 Å². The molecule has 456 valence electrons. The van der Waals surface area contributed by atoms with Gasteiger partial charge < -0.3 is 97.7 Å². The molecule has 33 nitrogen and oxygen atoms in total. The number of ketones is 1. The molecule has 0 aliphatic heterocycles. The number of nitrogens with one attached hydrogen (secondary N) is 9. The van der Waals surface area contributed by atoms with Gasteiger partial charge in [0.25, 0.3) is 0 Å². The first-order chi connectivity index (χ1) is 38.1. The van der Waals surface area contributed by atoms with Crippen molar-refractivity contribution in [2.75, 3.05) is 126 Å². The van der Waals surface area contributed by atoms with Crippen LogP contribution < -0.4 is 53.6 Å². The third-order valence-corrected chi connectivity index (χ3v) is 10.5. The Hall–Kier alpha value is -7.01. The minimum Gasteiger partial charge on any atom is -0.480 e. The summed E-state index contributed by atoms with van der Waals surface area (Å²) in [7, 11) is 1.30. The molecule has 0 aromatic rings. The molecule has 0 fully saturated rings. The summed E-state index contributed by atoms with van der Waals surface area (Å²) in [6.45, 7) is -1.44. The number of hydrogen-bond acceptors (Lipinski definition) is 21. The van der Waals surface area contributed by atoms with Crippen molar-refractivity contribution in [3.8, 4) is 0 Å². The molecule has 33 heteroatoms. The first-order valence-corrected chi connectivity index (χ1v) is 25.7. The zero-order valence-electron chi connectivity index (χ0n) is 45.4. The number of aliphatic hydroxyl groups excluding tert-OH is 2. The Balaban J connectivity index is 5.27. The summed E-state index contributed by atoms with van der Waals surface area (Å²) in [6.07, 6.45) is 1.90. The number of primary amides is 1. The lowest BCUT2D eigenvalue weighted by atomic mass is 10.1. The van der Waals surface area contributed by atoms with E-state index in [1.165, 1.54) is 7.05 Å². The Morgan fingerprint density at radius 1 is 0.475 bits per heavy atom. The van der Waals surface area contributed by atoms with Gasteiger partial charge in [0, 0.05) is 46.2 Å². The van der Waals surface area contributed by atoms with Crippen LogP contribution in [0.5, 0.6) is 0 Å². The van der Waals surface area contributed by atoms with Crippen LogP contribution in [0.3, 0.4) is 0 Å². The van der Waals surface area contributed by atoms with Crippen LogP contribution in [0.4, 0.5) is 0 Å². The number of unbranched alkanes of at least 4 members (excludes halogenated alkanes) is 1. The highest BCUT2D eigenvalue weighted by molar-refractivity contribution is 5.97. The molecule has 5 atom stereocenters. The average molecular weight is 1150 g/mol. The molecule has 0 bridgehead atoms. The van der Waals surface area contributed by atoms with Gasteiger partial charge in [-0.25, -0.2) is 0 Å². The number of nitrogens with two attached hydrogens (primary N) is 1. The lowest BCUT2D eigenvalue weighted by Gasteiger charge is -2.26. The van der Waals surface area contributed by atoms with Crippen molar-refractivity contribution in [3.63, 3.8) is 0 Å². The molecular formula is C47H81N11O22. The number of amides is 10. The number of likely N-dealkylation sites (N-methyl/N-ethyl adjacent to an activating group) is 1. The van der Waals surface area contributed by atoms with Gasteiger partial charge in [0.05, 0.1) is 72.4 Å².